The first kappa shape index (κ1) is 16.4. The molecule has 0 bridgehead atoms. The van der Waals surface area contributed by atoms with E-state index in [9.17, 15) is 4.79 Å². The van der Waals surface area contributed by atoms with Gasteiger partial charge in [-0.3, -0.25) is 4.79 Å². The van der Waals surface area contributed by atoms with Gasteiger partial charge in [0.2, 0.25) is 11.8 Å². The molecule has 4 rings (SSSR count). The molecular formula is C19H25N3O3. The summed E-state index contributed by atoms with van der Waals surface area (Å²) < 4.78 is 11.2. The number of hydrogen-bond donors (Lipinski definition) is 0. The lowest BCUT2D eigenvalue weighted by atomic mass is 9.96. The maximum atomic E-state index is 12.5. The number of piperidine rings is 1. The molecule has 0 N–H and O–H groups in total. The molecule has 6 nitrogen and oxygen atoms in total. The number of aromatic nitrogens is 2. The summed E-state index contributed by atoms with van der Waals surface area (Å²) in [4.78, 5) is 18.7. The van der Waals surface area contributed by atoms with Crippen molar-refractivity contribution < 1.29 is 13.7 Å². The normalized spacial score (nSPS) is 23.8. The number of rotatable bonds is 5. The van der Waals surface area contributed by atoms with Crippen LogP contribution in [0.5, 0.6) is 0 Å². The molecule has 2 aromatic rings. The highest BCUT2D eigenvalue weighted by Gasteiger charge is 2.36. The van der Waals surface area contributed by atoms with Crippen LogP contribution in [0, 0.1) is 12.8 Å². The first-order valence-corrected chi connectivity index (χ1v) is 9.26. The molecule has 0 aromatic carbocycles. The Bertz CT molecular complexity index is 743. The predicted octanol–water partition coefficient (Wildman–Crippen LogP) is 3.43. The van der Waals surface area contributed by atoms with Gasteiger partial charge in [-0.15, -0.1) is 0 Å². The first-order valence-electron chi connectivity index (χ1n) is 9.26. The zero-order chi connectivity index (χ0) is 17.4. The highest BCUT2D eigenvalue weighted by molar-refractivity contribution is 5.76. The molecule has 1 saturated carbocycles. The molecule has 0 unspecified atom stereocenters. The van der Waals surface area contributed by atoms with Crippen molar-refractivity contribution in [2.24, 2.45) is 5.92 Å². The van der Waals surface area contributed by atoms with Gasteiger partial charge < -0.3 is 13.8 Å². The van der Waals surface area contributed by atoms with Gasteiger partial charge >= 0.3 is 0 Å². The number of carbonyl (C=O) groups excluding carboxylic acids is 1. The number of nitrogens with zero attached hydrogens (tertiary/aromatic N) is 3. The summed E-state index contributed by atoms with van der Waals surface area (Å²) in [5.41, 5.74) is 0. The quantitative estimate of drug-likeness (QED) is 0.831. The van der Waals surface area contributed by atoms with Gasteiger partial charge in [0.25, 0.3) is 0 Å². The topological polar surface area (TPSA) is 72.4 Å². The largest absolute Gasteiger partial charge is 0.466 e. The molecule has 3 heterocycles. The fraction of sp³-hybridized carbons (Fsp3) is 0.632. The van der Waals surface area contributed by atoms with E-state index in [0.717, 1.165) is 43.4 Å². The summed E-state index contributed by atoms with van der Waals surface area (Å²) >= 11 is 0. The van der Waals surface area contributed by atoms with Crippen LogP contribution >= 0.6 is 0 Å². The van der Waals surface area contributed by atoms with Crippen molar-refractivity contribution >= 4 is 5.91 Å². The fourth-order valence-corrected chi connectivity index (χ4v) is 3.69. The molecule has 2 aliphatic rings. The summed E-state index contributed by atoms with van der Waals surface area (Å²) in [6, 6.07) is 4.10. The van der Waals surface area contributed by atoms with Crippen LogP contribution in [0.2, 0.25) is 0 Å². The average molecular weight is 343 g/mol. The number of hydrogen-bond acceptors (Lipinski definition) is 5. The third-order valence-electron chi connectivity index (χ3n) is 5.48. The Morgan fingerprint density at radius 1 is 1.32 bits per heavy atom. The SMILES string of the molecule is Cc1noc(C2CCN(C(=O)CCc3ccc([C@H]4C[C@@H]4C)o3)CC2)n1. The van der Waals surface area contributed by atoms with E-state index < -0.39 is 0 Å². The Morgan fingerprint density at radius 3 is 2.72 bits per heavy atom. The highest BCUT2D eigenvalue weighted by Crippen LogP contribution is 2.47. The minimum atomic E-state index is 0.206. The van der Waals surface area contributed by atoms with Crippen LogP contribution in [-0.2, 0) is 11.2 Å². The van der Waals surface area contributed by atoms with E-state index in [1.165, 1.54) is 6.42 Å². The van der Waals surface area contributed by atoms with Gasteiger partial charge in [0.05, 0.1) is 0 Å². The Hall–Kier alpha value is -2.11. The van der Waals surface area contributed by atoms with E-state index in [-0.39, 0.29) is 11.8 Å². The van der Waals surface area contributed by atoms with E-state index in [4.69, 9.17) is 8.94 Å². The zero-order valence-electron chi connectivity index (χ0n) is 14.9. The molecule has 2 atom stereocenters. The van der Waals surface area contributed by atoms with E-state index in [1.54, 1.807) is 0 Å². The van der Waals surface area contributed by atoms with Gasteiger partial charge in [-0.25, -0.2) is 0 Å². The van der Waals surface area contributed by atoms with Crippen LogP contribution < -0.4 is 0 Å². The number of furan rings is 1. The molecule has 134 valence electrons. The summed E-state index contributed by atoms with van der Waals surface area (Å²) in [5, 5.41) is 3.86. The van der Waals surface area contributed by atoms with Crippen LogP contribution in [0.25, 0.3) is 0 Å². The van der Waals surface area contributed by atoms with Crippen molar-refractivity contribution in [3.63, 3.8) is 0 Å². The van der Waals surface area contributed by atoms with Crippen molar-refractivity contribution in [1.82, 2.24) is 15.0 Å². The molecule has 2 fully saturated rings. The Labute approximate surface area is 147 Å². The van der Waals surface area contributed by atoms with Crippen molar-refractivity contribution in [2.75, 3.05) is 13.1 Å². The molecule has 1 amide bonds. The smallest absolute Gasteiger partial charge is 0.229 e. The van der Waals surface area contributed by atoms with E-state index in [0.29, 0.717) is 30.5 Å². The zero-order valence-corrected chi connectivity index (χ0v) is 14.9. The van der Waals surface area contributed by atoms with Crippen LogP contribution in [0.15, 0.2) is 21.1 Å². The highest BCUT2D eigenvalue weighted by atomic mass is 16.5. The molecule has 1 aliphatic heterocycles. The summed E-state index contributed by atoms with van der Waals surface area (Å²) in [5.74, 6) is 5.22. The minimum Gasteiger partial charge on any atom is -0.466 e. The third kappa shape index (κ3) is 3.62. The van der Waals surface area contributed by atoms with Crippen molar-refractivity contribution in [2.45, 2.75) is 57.8 Å². The van der Waals surface area contributed by atoms with Gasteiger partial charge in [0, 0.05) is 37.8 Å². The molecular weight excluding hydrogens is 318 g/mol. The maximum absolute atomic E-state index is 12.5. The number of likely N-dealkylation sites (tertiary alicyclic amines) is 1. The van der Waals surface area contributed by atoms with Gasteiger partial charge in [0.15, 0.2) is 5.82 Å². The monoisotopic (exact) mass is 343 g/mol. The van der Waals surface area contributed by atoms with Gasteiger partial charge in [0.1, 0.15) is 11.5 Å². The number of amides is 1. The lowest BCUT2D eigenvalue weighted by molar-refractivity contribution is -0.132. The molecule has 6 heteroatoms. The fourth-order valence-electron chi connectivity index (χ4n) is 3.69. The standard InChI is InChI=1S/C19H25N3O3/c1-12-11-16(12)17-5-3-15(24-17)4-6-18(23)22-9-7-14(8-10-22)19-20-13(2)21-25-19/h3,5,12,14,16H,4,6-11H2,1-2H3/t12-,16-/m0/s1. The summed E-state index contributed by atoms with van der Waals surface area (Å²) in [6.07, 6.45) is 4.19. The second-order valence-electron chi connectivity index (χ2n) is 7.46. The molecule has 0 radical (unpaired) electrons. The third-order valence-corrected chi connectivity index (χ3v) is 5.48. The van der Waals surface area contributed by atoms with E-state index >= 15 is 0 Å². The molecule has 25 heavy (non-hydrogen) atoms. The van der Waals surface area contributed by atoms with Gasteiger partial charge in [-0.05, 0) is 44.2 Å². The second-order valence-corrected chi connectivity index (χ2v) is 7.46. The lowest BCUT2D eigenvalue weighted by Gasteiger charge is -2.30. The Kier molecular flexibility index (Phi) is 4.36. The van der Waals surface area contributed by atoms with Crippen molar-refractivity contribution in [3.05, 3.63) is 35.4 Å². The predicted molar refractivity (Wildman–Crippen MR) is 91.1 cm³/mol. The molecule has 1 aliphatic carbocycles. The summed E-state index contributed by atoms with van der Waals surface area (Å²) in [6.45, 7) is 5.59. The van der Waals surface area contributed by atoms with Gasteiger partial charge in [-0.2, -0.15) is 4.98 Å². The van der Waals surface area contributed by atoms with E-state index in [1.807, 2.05) is 17.9 Å². The lowest BCUT2D eigenvalue weighted by Crippen LogP contribution is -2.38. The van der Waals surface area contributed by atoms with E-state index in [2.05, 4.69) is 23.1 Å². The molecule has 0 spiro atoms. The Balaban J connectivity index is 1.24. The Morgan fingerprint density at radius 2 is 2.08 bits per heavy atom. The molecule has 2 aromatic heterocycles. The van der Waals surface area contributed by atoms with Crippen LogP contribution in [0.3, 0.4) is 0 Å². The minimum absolute atomic E-state index is 0.206. The summed E-state index contributed by atoms with van der Waals surface area (Å²) in [7, 11) is 0. The average Bonchev–Trinajstić information content (AvgIpc) is 3.02. The van der Waals surface area contributed by atoms with Crippen LogP contribution in [0.4, 0.5) is 0 Å². The van der Waals surface area contributed by atoms with Gasteiger partial charge in [-0.1, -0.05) is 12.1 Å². The maximum Gasteiger partial charge on any atom is 0.229 e. The number of aryl methyl sites for hydroxylation is 2. The van der Waals surface area contributed by atoms with Crippen molar-refractivity contribution in [3.8, 4) is 0 Å². The number of carbonyl (C=O) groups is 1. The van der Waals surface area contributed by atoms with Crippen LogP contribution in [0.1, 0.15) is 67.7 Å². The van der Waals surface area contributed by atoms with Crippen LogP contribution in [-0.4, -0.2) is 34.0 Å². The van der Waals surface area contributed by atoms with Crippen molar-refractivity contribution in [1.29, 1.82) is 0 Å². The molecule has 1 saturated heterocycles. The second kappa shape index (κ2) is 6.65. The first-order chi connectivity index (χ1) is 12.1.